The highest BCUT2D eigenvalue weighted by atomic mass is 19.4. The standard InChI is InChI=1S/C18H22BF3O4/c1-16(2)17(3,4)26-19(25-16)14-9-12(15(23)24-5)11(10-6-7-10)8-13(14)18(20,21)22/h8-10H,6-7H2,1-5H3. The average molecular weight is 370 g/mol. The van der Waals surface area contributed by atoms with E-state index in [1.807, 2.05) is 0 Å². The first-order chi connectivity index (χ1) is 11.9. The van der Waals surface area contributed by atoms with Crippen LogP contribution in [0.15, 0.2) is 12.1 Å². The molecule has 0 unspecified atom stereocenters. The number of methoxy groups -OCH3 is 1. The number of alkyl halides is 3. The maximum atomic E-state index is 13.7. The number of benzene rings is 1. The number of carbonyl (C=O) groups is 1. The molecule has 1 aromatic rings. The molecule has 1 heterocycles. The maximum absolute atomic E-state index is 13.7. The summed E-state index contributed by atoms with van der Waals surface area (Å²) < 4.78 is 57.6. The minimum atomic E-state index is -4.59. The third-order valence-electron chi connectivity index (χ3n) is 5.46. The van der Waals surface area contributed by atoms with Crippen LogP contribution in [0.5, 0.6) is 0 Å². The van der Waals surface area contributed by atoms with Gasteiger partial charge in [0, 0.05) is 0 Å². The lowest BCUT2D eigenvalue weighted by Gasteiger charge is -2.32. The van der Waals surface area contributed by atoms with Gasteiger partial charge in [-0.3, -0.25) is 0 Å². The van der Waals surface area contributed by atoms with E-state index in [1.54, 1.807) is 27.7 Å². The quantitative estimate of drug-likeness (QED) is 0.602. The van der Waals surface area contributed by atoms with Gasteiger partial charge in [0.05, 0.1) is 29.4 Å². The second-order valence-electron chi connectivity index (χ2n) is 7.88. The summed E-state index contributed by atoms with van der Waals surface area (Å²) >= 11 is 0. The summed E-state index contributed by atoms with van der Waals surface area (Å²) in [7, 11) is -0.00111. The van der Waals surface area contributed by atoms with Crippen LogP contribution in [0.2, 0.25) is 0 Å². The molecule has 142 valence electrons. The van der Waals surface area contributed by atoms with Gasteiger partial charge in [0.15, 0.2) is 0 Å². The fraction of sp³-hybridized carbons (Fsp3) is 0.611. The van der Waals surface area contributed by atoms with Crippen LogP contribution in [-0.2, 0) is 20.2 Å². The zero-order valence-corrected chi connectivity index (χ0v) is 15.5. The van der Waals surface area contributed by atoms with Crippen molar-refractivity contribution < 1.29 is 32.0 Å². The van der Waals surface area contributed by atoms with Crippen molar-refractivity contribution in [3.05, 3.63) is 28.8 Å². The molecule has 1 aromatic carbocycles. The Morgan fingerprint density at radius 2 is 1.69 bits per heavy atom. The Morgan fingerprint density at radius 3 is 2.12 bits per heavy atom. The molecule has 0 N–H and O–H groups in total. The molecule has 0 bridgehead atoms. The second-order valence-corrected chi connectivity index (χ2v) is 7.88. The number of carbonyl (C=O) groups excluding carboxylic acids is 1. The van der Waals surface area contributed by atoms with Gasteiger partial charge in [-0.25, -0.2) is 4.79 Å². The van der Waals surface area contributed by atoms with Crippen LogP contribution in [-0.4, -0.2) is 31.4 Å². The molecule has 0 amide bonds. The van der Waals surface area contributed by atoms with E-state index >= 15 is 0 Å². The summed E-state index contributed by atoms with van der Waals surface area (Å²) in [4.78, 5) is 12.2. The van der Waals surface area contributed by atoms with Gasteiger partial charge in [-0.1, -0.05) is 0 Å². The Hall–Kier alpha value is -1.54. The van der Waals surface area contributed by atoms with Crippen LogP contribution in [0.4, 0.5) is 13.2 Å². The molecule has 1 aliphatic carbocycles. The third-order valence-corrected chi connectivity index (χ3v) is 5.46. The summed E-state index contributed by atoms with van der Waals surface area (Å²) in [5, 5.41) is 0. The van der Waals surface area contributed by atoms with Crippen LogP contribution in [0, 0.1) is 0 Å². The summed E-state index contributed by atoms with van der Waals surface area (Å²) in [6, 6.07) is 2.29. The van der Waals surface area contributed by atoms with Crippen molar-refractivity contribution in [1.29, 1.82) is 0 Å². The molecular weight excluding hydrogens is 348 g/mol. The highest BCUT2D eigenvalue weighted by Gasteiger charge is 2.54. The van der Waals surface area contributed by atoms with E-state index in [1.165, 1.54) is 13.2 Å². The van der Waals surface area contributed by atoms with Crippen molar-refractivity contribution in [3.63, 3.8) is 0 Å². The Bertz CT molecular complexity index is 723. The van der Waals surface area contributed by atoms with Crippen molar-refractivity contribution in [1.82, 2.24) is 0 Å². The van der Waals surface area contributed by atoms with E-state index in [0.717, 1.165) is 18.9 Å². The lowest BCUT2D eigenvalue weighted by molar-refractivity contribution is -0.136. The molecule has 1 saturated heterocycles. The molecule has 4 nitrogen and oxygen atoms in total. The van der Waals surface area contributed by atoms with Crippen LogP contribution in [0.25, 0.3) is 0 Å². The van der Waals surface area contributed by atoms with Crippen LogP contribution in [0.1, 0.15) is 67.9 Å². The third kappa shape index (κ3) is 3.25. The number of hydrogen-bond donors (Lipinski definition) is 0. The van der Waals surface area contributed by atoms with Gasteiger partial charge < -0.3 is 14.0 Å². The number of ether oxygens (including phenoxy) is 1. The fourth-order valence-corrected chi connectivity index (χ4v) is 3.06. The van der Waals surface area contributed by atoms with Crippen LogP contribution in [0.3, 0.4) is 0 Å². The molecule has 2 aliphatic rings. The minimum absolute atomic E-state index is 0.0439. The van der Waals surface area contributed by atoms with E-state index in [4.69, 9.17) is 14.0 Å². The highest BCUT2D eigenvalue weighted by Crippen LogP contribution is 2.44. The highest BCUT2D eigenvalue weighted by molar-refractivity contribution is 6.62. The summed E-state index contributed by atoms with van der Waals surface area (Å²) in [6.07, 6.45) is -3.06. The first-order valence-corrected chi connectivity index (χ1v) is 8.56. The van der Waals surface area contributed by atoms with E-state index in [9.17, 15) is 18.0 Å². The lowest BCUT2D eigenvalue weighted by atomic mass is 9.73. The predicted octanol–water partition coefficient (Wildman–Crippen LogP) is 3.67. The first kappa shape index (κ1) is 19.2. The molecule has 1 saturated carbocycles. The number of esters is 1. The Balaban J connectivity index is 2.16. The maximum Gasteiger partial charge on any atom is 0.495 e. The van der Waals surface area contributed by atoms with Crippen molar-refractivity contribution in [2.24, 2.45) is 0 Å². The molecule has 0 radical (unpaired) electrons. The smallest absolute Gasteiger partial charge is 0.465 e. The van der Waals surface area contributed by atoms with Gasteiger partial charge in [-0.15, -0.1) is 0 Å². The molecule has 0 atom stereocenters. The molecule has 26 heavy (non-hydrogen) atoms. The molecule has 0 aromatic heterocycles. The van der Waals surface area contributed by atoms with E-state index in [2.05, 4.69) is 0 Å². The zero-order chi connectivity index (χ0) is 19.5. The van der Waals surface area contributed by atoms with Gasteiger partial charge >= 0.3 is 19.3 Å². The molecular formula is C18H22BF3O4. The number of hydrogen-bond acceptors (Lipinski definition) is 4. The average Bonchev–Trinajstić information content (AvgIpc) is 3.32. The van der Waals surface area contributed by atoms with Crippen LogP contribution >= 0.6 is 0 Å². The largest absolute Gasteiger partial charge is 0.495 e. The van der Waals surface area contributed by atoms with Crippen LogP contribution < -0.4 is 5.46 Å². The summed E-state index contributed by atoms with van der Waals surface area (Å²) in [6.45, 7) is 7.06. The molecule has 8 heteroatoms. The summed E-state index contributed by atoms with van der Waals surface area (Å²) in [5.74, 6) is -0.698. The zero-order valence-electron chi connectivity index (χ0n) is 15.5. The Kier molecular flexibility index (Phi) is 4.43. The van der Waals surface area contributed by atoms with Gasteiger partial charge in [0.25, 0.3) is 0 Å². The normalized spacial score (nSPS) is 21.8. The minimum Gasteiger partial charge on any atom is -0.465 e. The molecule has 0 spiro atoms. The molecule has 1 aliphatic heterocycles. The van der Waals surface area contributed by atoms with Crippen molar-refractivity contribution in [2.75, 3.05) is 7.11 Å². The first-order valence-electron chi connectivity index (χ1n) is 8.56. The Morgan fingerprint density at radius 1 is 1.15 bits per heavy atom. The second kappa shape index (κ2) is 5.99. The molecule has 2 fully saturated rings. The van der Waals surface area contributed by atoms with Crippen molar-refractivity contribution >= 4 is 18.6 Å². The number of halogens is 3. The van der Waals surface area contributed by atoms with Crippen molar-refractivity contribution in [3.8, 4) is 0 Å². The fourth-order valence-electron chi connectivity index (χ4n) is 3.06. The van der Waals surface area contributed by atoms with Crippen molar-refractivity contribution in [2.45, 2.75) is 63.8 Å². The Labute approximate surface area is 151 Å². The predicted molar refractivity (Wildman–Crippen MR) is 90.5 cm³/mol. The van der Waals surface area contributed by atoms with E-state index in [-0.39, 0.29) is 16.9 Å². The SMILES string of the molecule is COC(=O)c1cc(B2OC(C)(C)C(C)(C)O2)c(C(F)(F)F)cc1C1CC1. The number of rotatable bonds is 3. The van der Waals surface area contributed by atoms with Gasteiger partial charge in [0.1, 0.15) is 0 Å². The van der Waals surface area contributed by atoms with Gasteiger partial charge in [-0.05, 0) is 69.6 Å². The molecule has 3 rings (SSSR count). The van der Waals surface area contributed by atoms with E-state index < -0.39 is 36.0 Å². The monoisotopic (exact) mass is 370 g/mol. The topological polar surface area (TPSA) is 44.8 Å². The van der Waals surface area contributed by atoms with Gasteiger partial charge in [0.2, 0.25) is 0 Å². The summed E-state index contributed by atoms with van der Waals surface area (Å²) in [5.41, 5.74) is -2.08. The van der Waals surface area contributed by atoms with E-state index in [0.29, 0.717) is 5.56 Å². The lowest BCUT2D eigenvalue weighted by Crippen LogP contribution is -2.41. The van der Waals surface area contributed by atoms with Gasteiger partial charge in [-0.2, -0.15) is 13.2 Å².